The van der Waals surface area contributed by atoms with Crippen LogP contribution in [-0.2, 0) is 9.59 Å². The summed E-state index contributed by atoms with van der Waals surface area (Å²) in [6, 6.07) is 20.7. The molecule has 0 aromatic heterocycles. The third kappa shape index (κ3) is 4.43. The van der Waals surface area contributed by atoms with E-state index in [1.54, 1.807) is 47.4 Å². The maximum Gasteiger partial charge on any atom is 0.265 e. The zero-order valence-electron chi connectivity index (χ0n) is 18.6. The number of anilines is 2. The number of nitrogens with one attached hydrogen (secondary N) is 1. The number of carbonyl (C=O) groups is 4. The van der Waals surface area contributed by atoms with E-state index in [-0.39, 0.29) is 23.6 Å². The van der Waals surface area contributed by atoms with E-state index in [9.17, 15) is 19.2 Å². The largest absolute Gasteiger partial charge is 0.492 e. The maximum atomic E-state index is 12.6. The Morgan fingerprint density at radius 1 is 0.886 bits per heavy atom. The van der Waals surface area contributed by atoms with E-state index >= 15 is 0 Å². The maximum absolute atomic E-state index is 12.6. The molecule has 4 amide bonds. The number of ether oxygens (including phenoxy) is 2. The van der Waals surface area contributed by atoms with Crippen LogP contribution in [0.3, 0.4) is 0 Å². The van der Waals surface area contributed by atoms with Crippen LogP contribution in [0.4, 0.5) is 11.4 Å². The molecule has 176 valence electrons. The number of imide groups is 1. The molecule has 0 saturated heterocycles. The molecule has 2 heterocycles. The number of benzene rings is 3. The van der Waals surface area contributed by atoms with Gasteiger partial charge < -0.3 is 19.7 Å². The van der Waals surface area contributed by atoms with Gasteiger partial charge in [-0.3, -0.25) is 24.1 Å². The summed E-state index contributed by atoms with van der Waals surface area (Å²) < 4.78 is 11.3. The van der Waals surface area contributed by atoms with Gasteiger partial charge in [-0.05, 0) is 36.4 Å². The molecular weight excluding hydrogens is 450 g/mol. The quantitative estimate of drug-likeness (QED) is 0.532. The molecule has 0 fully saturated rings. The molecule has 0 bridgehead atoms. The van der Waals surface area contributed by atoms with Gasteiger partial charge in [-0.2, -0.15) is 0 Å². The molecule has 35 heavy (non-hydrogen) atoms. The lowest BCUT2D eigenvalue weighted by molar-refractivity contribution is -0.121. The molecule has 0 unspecified atom stereocenters. The van der Waals surface area contributed by atoms with Gasteiger partial charge in [-0.1, -0.05) is 30.3 Å². The third-order valence-electron chi connectivity index (χ3n) is 5.69. The highest BCUT2D eigenvalue weighted by Gasteiger charge is 2.36. The highest BCUT2D eigenvalue weighted by atomic mass is 16.5. The molecule has 3 aromatic carbocycles. The first-order valence-corrected chi connectivity index (χ1v) is 11.0. The van der Waals surface area contributed by atoms with Crippen LogP contribution < -0.4 is 19.7 Å². The van der Waals surface area contributed by atoms with E-state index in [4.69, 9.17) is 9.47 Å². The minimum Gasteiger partial charge on any atom is -0.492 e. The van der Waals surface area contributed by atoms with Crippen molar-refractivity contribution in [3.8, 4) is 11.5 Å². The van der Waals surface area contributed by atoms with Crippen molar-refractivity contribution < 1.29 is 28.7 Å². The Bertz CT molecular complexity index is 1290. The Morgan fingerprint density at radius 3 is 2.29 bits per heavy atom. The Morgan fingerprint density at radius 2 is 1.57 bits per heavy atom. The van der Waals surface area contributed by atoms with Crippen molar-refractivity contribution >= 4 is 35.0 Å². The zero-order chi connectivity index (χ0) is 24.4. The molecule has 0 saturated carbocycles. The fraction of sp³-hybridized carbons (Fsp3) is 0.154. The number of hydrogen-bond acceptors (Lipinski definition) is 6. The lowest BCUT2D eigenvalue weighted by Gasteiger charge is -2.29. The predicted octanol–water partition coefficient (Wildman–Crippen LogP) is 2.73. The van der Waals surface area contributed by atoms with Crippen LogP contribution in [-0.4, -0.2) is 54.8 Å². The summed E-state index contributed by atoms with van der Waals surface area (Å²) in [6.07, 6.45) is 0. The van der Waals surface area contributed by atoms with Crippen molar-refractivity contribution in [1.82, 2.24) is 4.90 Å². The predicted molar refractivity (Wildman–Crippen MR) is 127 cm³/mol. The molecule has 9 nitrogen and oxygen atoms in total. The summed E-state index contributed by atoms with van der Waals surface area (Å²) in [7, 11) is 0. The number of nitrogens with zero attached hydrogens (tertiary/aromatic N) is 2. The fourth-order valence-electron chi connectivity index (χ4n) is 4.03. The highest BCUT2D eigenvalue weighted by Crippen LogP contribution is 2.34. The smallest absolute Gasteiger partial charge is 0.265 e. The number of fused-ring (bicyclic) bond motifs is 2. The molecule has 2 aliphatic heterocycles. The second-order valence-electron chi connectivity index (χ2n) is 7.97. The first-order chi connectivity index (χ1) is 17.0. The third-order valence-corrected chi connectivity index (χ3v) is 5.69. The Kier molecular flexibility index (Phi) is 5.88. The molecular formula is C26H21N3O6. The zero-order valence-corrected chi connectivity index (χ0v) is 18.6. The van der Waals surface area contributed by atoms with E-state index in [2.05, 4.69) is 5.32 Å². The molecule has 1 N–H and O–H groups in total. The van der Waals surface area contributed by atoms with Gasteiger partial charge in [0.15, 0.2) is 6.61 Å². The van der Waals surface area contributed by atoms with Gasteiger partial charge in [-0.25, -0.2) is 0 Å². The summed E-state index contributed by atoms with van der Waals surface area (Å²) in [6.45, 7) is 0.0833. The molecule has 0 aliphatic carbocycles. The fourth-order valence-corrected chi connectivity index (χ4v) is 4.03. The van der Waals surface area contributed by atoms with Crippen LogP contribution in [0, 0.1) is 0 Å². The van der Waals surface area contributed by atoms with Crippen LogP contribution in [0.25, 0.3) is 0 Å². The molecule has 3 aromatic rings. The highest BCUT2D eigenvalue weighted by molar-refractivity contribution is 6.22. The van der Waals surface area contributed by atoms with Crippen molar-refractivity contribution in [3.63, 3.8) is 0 Å². The molecule has 2 aliphatic rings. The van der Waals surface area contributed by atoms with Crippen LogP contribution >= 0.6 is 0 Å². The van der Waals surface area contributed by atoms with E-state index < -0.39 is 24.3 Å². The summed E-state index contributed by atoms with van der Waals surface area (Å²) in [4.78, 5) is 52.5. The van der Waals surface area contributed by atoms with E-state index in [1.807, 2.05) is 30.3 Å². The van der Waals surface area contributed by atoms with E-state index in [0.29, 0.717) is 36.0 Å². The second-order valence-corrected chi connectivity index (χ2v) is 7.97. The standard InChI is InChI=1S/C26H21N3O6/c30-23(15-29-25(32)19-8-4-5-9-20(19)26(29)33)27-17-10-11-21-22(14-17)35-16-24(31)28(21)12-13-34-18-6-2-1-3-7-18/h1-11,14H,12-13,15-16H2,(H,27,30). The summed E-state index contributed by atoms with van der Waals surface area (Å²) in [5.74, 6) is -0.578. The Balaban J connectivity index is 1.23. The Hall–Kier alpha value is -4.66. The topological polar surface area (TPSA) is 105 Å². The average molecular weight is 471 g/mol. The van der Waals surface area contributed by atoms with Gasteiger partial charge in [-0.15, -0.1) is 0 Å². The monoisotopic (exact) mass is 471 g/mol. The SMILES string of the molecule is O=C(CN1C(=O)c2ccccc2C1=O)Nc1ccc2c(c1)OCC(=O)N2CCOc1ccccc1. The van der Waals surface area contributed by atoms with Crippen molar-refractivity contribution in [1.29, 1.82) is 0 Å². The van der Waals surface area contributed by atoms with Crippen LogP contribution in [0.15, 0.2) is 72.8 Å². The number of amides is 4. The molecule has 5 rings (SSSR count). The minimum absolute atomic E-state index is 0.134. The van der Waals surface area contributed by atoms with Gasteiger partial charge in [0.2, 0.25) is 5.91 Å². The number of carbonyl (C=O) groups excluding carboxylic acids is 4. The van der Waals surface area contributed by atoms with Crippen LogP contribution in [0.1, 0.15) is 20.7 Å². The van der Waals surface area contributed by atoms with Crippen LogP contribution in [0.2, 0.25) is 0 Å². The molecule has 9 heteroatoms. The summed E-state index contributed by atoms with van der Waals surface area (Å²) in [5, 5.41) is 2.68. The van der Waals surface area contributed by atoms with E-state index in [0.717, 1.165) is 4.90 Å². The number of rotatable bonds is 7. The van der Waals surface area contributed by atoms with E-state index in [1.165, 1.54) is 0 Å². The average Bonchev–Trinajstić information content (AvgIpc) is 3.11. The first kappa shape index (κ1) is 22.1. The van der Waals surface area contributed by atoms with Gasteiger partial charge >= 0.3 is 0 Å². The number of hydrogen-bond donors (Lipinski definition) is 1. The van der Waals surface area contributed by atoms with Crippen molar-refractivity contribution in [2.75, 3.05) is 36.5 Å². The normalized spacial score (nSPS) is 14.3. The first-order valence-electron chi connectivity index (χ1n) is 11.0. The van der Waals surface area contributed by atoms with Gasteiger partial charge in [0.05, 0.1) is 23.4 Å². The van der Waals surface area contributed by atoms with Crippen molar-refractivity contribution in [2.24, 2.45) is 0 Å². The Labute approximate surface area is 200 Å². The molecule has 0 atom stereocenters. The summed E-state index contributed by atoms with van der Waals surface area (Å²) in [5.41, 5.74) is 1.55. The van der Waals surface area contributed by atoms with Gasteiger partial charge in [0.1, 0.15) is 24.7 Å². The molecule has 0 spiro atoms. The lowest BCUT2D eigenvalue weighted by Crippen LogP contribution is -2.41. The molecule has 0 radical (unpaired) electrons. The second kappa shape index (κ2) is 9.30. The lowest BCUT2D eigenvalue weighted by atomic mass is 10.1. The summed E-state index contributed by atoms with van der Waals surface area (Å²) >= 11 is 0. The van der Waals surface area contributed by atoms with Gasteiger partial charge in [0.25, 0.3) is 17.7 Å². The van der Waals surface area contributed by atoms with Crippen molar-refractivity contribution in [2.45, 2.75) is 0 Å². The number of para-hydroxylation sites is 1. The van der Waals surface area contributed by atoms with Gasteiger partial charge in [0, 0.05) is 11.8 Å². The van der Waals surface area contributed by atoms with Crippen molar-refractivity contribution in [3.05, 3.63) is 83.9 Å². The minimum atomic E-state index is -0.528. The van der Waals surface area contributed by atoms with Crippen LogP contribution in [0.5, 0.6) is 11.5 Å².